The van der Waals surface area contributed by atoms with E-state index in [4.69, 9.17) is 14.7 Å². The summed E-state index contributed by atoms with van der Waals surface area (Å²) in [6.45, 7) is 8.42. The lowest BCUT2D eigenvalue weighted by atomic mass is 9.81. The average Bonchev–Trinajstić information content (AvgIpc) is 3.22. The molecular weight excluding hydrogens is 476 g/mol. The van der Waals surface area contributed by atoms with Gasteiger partial charge in [0.2, 0.25) is 5.91 Å². The van der Waals surface area contributed by atoms with E-state index >= 15 is 0 Å². The van der Waals surface area contributed by atoms with E-state index in [0.717, 1.165) is 16.7 Å². The van der Waals surface area contributed by atoms with Crippen molar-refractivity contribution >= 4 is 23.5 Å². The molecule has 2 heterocycles. The summed E-state index contributed by atoms with van der Waals surface area (Å²) >= 11 is 0. The Morgan fingerprint density at radius 2 is 1.84 bits per heavy atom. The minimum Gasteiger partial charge on any atom is -0.489 e. The Balaban J connectivity index is 1.38. The van der Waals surface area contributed by atoms with E-state index in [1.54, 1.807) is 17.3 Å². The van der Waals surface area contributed by atoms with Gasteiger partial charge in [0.1, 0.15) is 18.4 Å². The smallest absolute Gasteiger partial charge is 0.321 e. The van der Waals surface area contributed by atoms with Crippen LogP contribution in [0.4, 0.5) is 10.5 Å². The third-order valence-corrected chi connectivity index (χ3v) is 7.13. The van der Waals surface area contributed by atoms with Gasteiger partial charge in [-0.3, -0.25) is 14.8 Å². The van der Waals surface area contributed by atoms with Gasteiger partial charge in [0.25, 0.3) is 5.91 Å². The highest BCUT2D eigenvalue weighted by atomic mass is 16.5. The highest BCUT2D eigenvalue weighted by molar-refractivity contribution is 5.94. The summed E-state index contributed by atoms with van der Waals surface area (Å²) in [5.41, 5.74) is 4.35. The van der Waals surface area contributed by atoms with Crippen molar-refractivity contribution in [2.24, 2.45) is 0 Å². The maximum absolute atomic E-state index is 13.1. The van der Waals surface area contributed by atoms with E-state index in [0.29, 0.717) is 57.3 Å². The fourth-order valence-corrected chi connectivity index (χ4v) is 4.81. The quantitative estimate of drug-likeness (QED) is 0.389. The molecule has 0 saturated carbocycles. The summed E-state index contributed by atoms with van der Waals surface area (Å²) < 4.78 is 11.3. The number of urea groups is 1. The molecule has 1 unspecified atom stereocenters. The molecule has 2 aromatic rings. The van der Waals surface area contributed by atoms with Crippen LogP contribution in [0.1, 0.15) is 37.0 Å². The van der Waals surface area contributed by atoms with E-state index in [1.165, 1.54) is 4.90 Å². The maximum Gasteiger partial charge on any atom is 0.321 e. The van der Waals surface area contributed by atoms with Gasteiger partial charge in [0.05, 0.1) is 18.6 Å². The zero-order valence-corrected chi connectivity index (χ0v) is 21.5. The number of nitrogens with one attached hydrogen (secondary N) is 2. The number of hydrogen-bond acceptors (Lipinski definition) is 6. The number of ether oxygens (including phenoxy) is 2. The molecule has 2 aromatic carbocycles. The predicted octanol–water partition coefficient (Wildman–Crippen LogP) is 2.82. The van der Waals surface area contributed by atoms with Gasteiger partial charge in [-0.1, -0.05) is 18.2 Å². The summed E-state index contributed by atoms with van der Waals surface area (Å²) in [6, 6.07) is 12.3. The number of hydrogen-bond donors (Lipinski definition) is 3. The molecule has 2 saturated heterocycles. The number of likely N-dealkylation sites (tertiary alicyclic amines) is 1. The van der Waals surface area contributed by atoms with Crippen LogP contribution in [0.25, 0.3) is 0 Å². The highest BCUT2D eigenvalue weighted by Gasteiger charge is 2.46. The van der Waals surface area contributed by atoms with Gasteiger partial charge >= 0.3 is 6.03 Å². The first-order valence-electron chi connectivity index (χ1n) is 12.4. The largest absolute Gasteiger partial charge is 0.489 e. The Morgan fingerprint density at radius 3 is 2.51 bits per heavy atom. The number of hydroxylamine groups is 1. The minimum atomic E-state index is -0.757. The first kappa shape index (κ1) is 26.4. The molecule has 0 aliphatic carbocycles. The maximum atomic E-state index is 13.1. The number of morpholine rings is 1. The van der Waals surface area contributed by atoms with Crippen LogP contribution in [0.3, 0.4) is 0 Å². The zero-order valence-electron chi connectivity index (χ0n) is 21.5. The molecule has 2 atom stereocenters. The average molecular weight is 511 g/mol. The first-order chi connectivity index (χ1) is 17.7. The molecule has 10 nitrogen and oxygen atoms in total. The van der Waals surface area contributed by atoms with Crippen molar-refractivity contribution in [3.8, 4) is 5.75 Å². The van der Waals surface area contributed by atoms with E-state index in [9.17, 15) is 14.4 Å². The second-order valence-corrected chi connectivity index (χ2v) is 9.78. The summed E-state index contributed by atoms with van der Waals surface area (Å²) in [6.07, 6.45) is 0.567. The van der Waals surface area contributed by atoms with Crippen molar-refractivity contribution in [1.29, 1.82) is 0 Å². The molecule has 4 rings (SSSR count). The Kier molecular flexibility index (Phi) is 7.99. The molecule has 0 bridgehead atoms. The van der Waals surface area contributed by atoms with Crippen LogP contribution in [0.15, 0.2) is 42.5 Å². The third kappa shape index (κ3) is 5.86. The molecule has 37 heavy (non-hydrogen) atoms. The van der Waals surface area contributed by atoms with Crippen molar-refractivity contribution in [2.75, 3.05) is 38.2 Å². The van der Waals surface area contributed by atoms with E-state index in [2.05, 4.69) is 5.32 Å². The Morgan fingerprint density at radius 1 is 1.14 bits per heavy atom. The van der Waals surface area contributed by atoms with Gasteiger partial charge in [0, 0.05) is 25.3 Å². The number of carbonyl (C=O) groups excluding carboxylic acids is 3. The molecule has 2 fully saturated rings. The molecule has 198 valence electrons. The number of rotatable bonds is 7. The lowest BCUT2D eigenvalue weighted by Gasteiger charge is -2.27. The van der Waals surface area contributed by atoms with Gasteiger partial charge < -0.3 is 24.6 Å². The van der Waals surface area contributed by atoms with Crippen LogP contribution in [-0.4, -0.2) is 71.7 Å². The minimum absolute atomic E-state index is 0.142. The van der Waals surface area contributed by atoms with Crippen LogP contribution in [0.5, 0.6) is 5.75 Å². The first-order valence-corrected chi connectivity index (χ1v) is 12.4. The topological polar surface area (TPSA) is 120 Å². The summed E-state index contributed by atoms with van der Waals surface area (Å²) in [7, 11) is 0. The monoisotopic (exact) mass is 510 g/mol. The van der Waals surface area contributed by atoms with Crippen LogP contribution in [0.2, 0.25) is 0 Å². The van der Waals surface area contributed by atoms with E-state index in [1.807, 2.05) is 56.3 Å². The normalized spacial score (nSPS) is 20.5. The number of carbonyl (C=O) groups is 3. The van der Waals surface area contributed by atoms with Crippen LogP contribution in [0, 0.1) is 6.92 Å². The van der Waals surface area contributed by atoms with Crippen LogP contribution >= 0.6 is 0 Å². The fourth-order valence-electron chi connectivity index (χ4n) is 4.81. The third-order valence-electron chi connectivity index (χ3n) is 7.13. The van der Waals surface area contributed by atoms with Gasteiger partial charge in [-0.15, -0.1) is 0 Å². The fraction of sp³-hybridized carbons (Fsp3) is 0.444. The van der Waals surface area contributed by atoms with Crippen molar-refractivity contribution in [1.82, 2.24) is 15.3 Å². The molecular formula is C27H34N4O6. The van der Waals surface area contributed by atoms with Gasteiger partial charge in [-0.05, 0) is 68.1 Å². The Hall–Kier alpha value is -3.63. The molecule has 3 N–H and O–H groups in total. The van der Waals surface area contributed by atoms with Crippen molar-refractivity contribution in [2.45, 2.75) is 45.3 Å². The van der Waals surface area contributed by atoms with E-state index < -0.39 is 17.4 Å². The van der Waals surface area contributed by atoms with Crippen LogP contribution < -0.4 is 15.5 Å². The molecule has 0 aromatic heterocycles. The zero-order chi connectivity index (χ0) is 26.6. The molecule has 0 radical (unpaired) electrons. The molecule has 2 aliphatic rings. The van der Waals surface area contributed by atoms with Gasteiger partial charge in [0.15, 0.2) is 0 Å². The molecule has 4 amide bonds. The molecule has 10 heteroatoms. The Labute approximate surface area is 216 Å². The second kappa shape index (κ2) is 11.2. The van der Waals surface area contributed by atoms with E-state index in [-0.39, 0.29) is 11.9 Å². The number of aryl methyl sites for hydroxylation is 1. The van der Waals surface area contributed by atoms with Crippen molar-refractivity contribution < 1.29 is 29.1 Å². The molecule has 2 aliphatic heterocycles. The SMILES string of the molecule is Cc1cc(COc2ccc(C3(C)CCN([C@H](C)C(=O)NO)C3=O)cc2)cc(NC(=O)N2CCOCC2)c1. The Bertz CT molecular complexity index is 1150. The number of benzene rings is 2. The number of amides is 4. The predicted molar refractivity (Wildman–Crippen MR) is 136 cm³/mol. The lowest BCUT2D eigenvalue weighted by molar-refractivity contribution is -0.143. The van der Waals surface area contributed by atoms with Crippen molar-refractivity contribution in [3.05, 3.63) is 59.2 Å². The standard InChI is InChI=1S/C27H34N4O6/c1-18-14-20(16-22(15-18)28-26(34)30-10-12-36-13-11-30)17-37-23-6-4-21(5-7-23)27(3)8-9-31(25(27)33)19(2)24(32)29-35/h4-7,14-16,19,35H,8-13,17H2,1-3H3,(H,28,34)(H,29,32)/t19-,27?/m1/s1. The lowest BCUT2D eigenvalue weighted by Crippen LogP contribution is -2.47. The highest BCUT2D eigenvalue weighted by Crippen LogP contribution is 2.37. The molecule has 0 spiro atoms. The summed E-state index contributed by atoms with van der Waals surface area (Å²) in [5.74, 6) is -0.104. The van der Waals surface area contributed by atoms with Gasteiger partial charge in [-0.2, -0.15) is 0 Å². The van der Waals surface area contributed by atoms with Crippen molar-refractivity contribution in [3.63, 3.8) is 0 Å². The summed E-state index contributed by atoms with van der Waals surface area (Å²) in [5, 5.41) is 11.9. The number of anilines is 1. The van der Waals surface area contributed by atoms with Gasteiger partial charge in [-0.25, -0.2) is 10.3 Å². The van der Waals surface area contributed by atoms with Crippen LogP contribution in [-0.2, 0) is 26.3 Å². The number of nitrogens with zero attached hydrogens (tertiary/aromatic N) is 2. The summed E-state index contributed by atoms with van der Waals surface area (Å²) in [4.78, 5) is 40.7. The second-order valence-electron chi connectivity index (χ2n) is 9.78.